The van der Waals surface area contributed by atoms with Crippen LogP contribution in [0.25, 0.3) is 0 Å². The van der Waals surface area contributed by atoms with Gasteiger partial charge in [-0.25, -0.2) is 0 Å². The van der Waals surface area contributed by atoms with E-state index in [2.05, 4.69) is 15.4 Å². The number of benzene rings is 2. The number of carboxylic acid groups (broad SMARTS) is 1. The van der Waals surface area contributed by atoms with E-state index in [4.69, 9.17) is 10.8 Å². The zero-order valence-corrected chi connectivity index (χ0v) is 19.9. The molecule has 0 heterocycles. The fourth-order valence-corrected chi connectivity index (χ4v) is 3.59. The van der Waals surface area contributed by atoms with Crippen LogP contribution in [0.2, 0.25) is 0 Å². The Labute approximate surface area is 207 Å². The Bertz CT molecular complexity index is 1030. The fraction of sp³-hybridized carbons (Fsp3) is 0.400. The van der Waals surface area contributed by atoms with Crippen molar-refractivity contribution in [2.45, 2.75) is 57.6 Å². The van der Waals surface area contributed by atoms with Crippen molar-refractivity contribution in [2.24, 2.45) is 11.7 Å². The number of hydrogen-bond donors (Lipinski definition) is 4. The van der Waals surface area contributed by atoms with Crippen molar-refractivity contribution in [3.8, 4) is 5.75 Å². The normalized spacial score (nSPS) is 14.0. The van der Waals surface area contributed by atoms with Gasteiger partial charge in [0, 0.05) is 12.1 Å². The highest BCUT2D eigenvalue weighted by Gasteiger charge is 2.32. The molecule has 0 unspecified atom stereocenters. The maximum absolute atomic E-state index is 13.1. The number of carbonyl (C=O) groups excluding carboxylic acids is 2. The molecule has 2 amide bonds. The molecule has 0 aliphatic heterocycles. The first-order chi connectivity index (χ1) is 16.8. The third-order valence-corrected chi connectivity index (χ3v) is 5.32. The van der Waals surface area contributed by atoms with Crippen LogP contribution in [0.3, 0.4) is 0 Å². The van der Waals surface area contributed by atoms with E-state index in [9.17, 15) is 27.6 Å². The number of alkyl halides is 3. The molecule has 2 aromatic carbocycles. The molecule has 36 heavy (non-hydrogen) atoms. The fourth-order valence-electron chi connectivity index (χ4n) is 3.59. The summed E-state index contributed by atoms with van der Waals surface area (Å²) in [6.45, 7) is 3.43. The number of carboxylic acids is 1. The van der Waals surface area contributed by atoms with Gasteiger partial charge in [-0.15, -0.1) is 13.2 Å². The maximum atomic E-state index is 13.1. The highest BCUT2D eigenvalue weighted by Crippen LogP contribution is 2.23. The molecule has 0 radical (unpaired) electrons. The van der Waals surface area contributed by atoms with Crippen molar-refractivity contribution in [2.75, 3.05) is 0 Å². The second-order valence-corrected chi connectivity index (χ2v) is 8.73. The van der Waals surface area contributed by atoms with Gasteiger partial charge in [0.25, 0.3) is 0 Å². The average molecular weight is 510 g/mol. The Hall–Kier alpha value is -3.60. The Kier molecular flexibility index (Phi) is 10.3. The minimum atomic E-state index is -4.86. The lowest BCUT2D eigenvalue weighted by molar-refractivity contribution is -0.274. The Balaban J connectivity index is 2.10. The summed E-state index contributed by atoms with van der Waals surface area (Å²) in [6.07, 6.45) is -5.23. The predicted molar refractivity (Wildman–Crippen MR) is 126 cm³/mol. The second-order valence-electron chi connectivity index (χ2n) is 8.73. The van der Waals surface area contributed by atoms with E-state index in [0.717, 1.165) is 17.7 Å². The van der Waals surface area contributed by atoms with Crippen LogP contribution < -0.4 is 21.1 Å². The number of amides is 2. The van der Waals surface area contributed by atoms with Gasteiger partial charge in [0.1, 0.15) is 11.8 Å². The molecule has 0 aliphatic carbocycles. The van der Waals surface area contributed by atoms with Crippen molar-refractivity contribution in [3.63, 3.8) is 0 Å². The van der Waals surface area contributed by atoms with Crippen LogP contribution in [-0.4, -0.2) is 47.4 Å². The summed E-state index contributed by atoms with van der Waals surface area (Å²) >= 11 is 0. The predicted octanol–water partition coefficient (Wildman–Crippen LogP) is 2.80. The smallest absolute Gasteiger partial charge is 0.481 e. The molecule has 0 fully saturated rings. The summed E-state index contributed by atoms with van der Waals surface area (Å²) < 4.78 is 41.3. The van der Waals surface area contributed by atoms with Gasteiger partial charge in [0.05, 0.1) is 12.8 Å². The summed E-state index contributed by atoms with van der Waals surface area (Å²) in [5.74, 6) is -3.04. The molecule has 0 spiro atoms. The van der Waals surface area contributed by atoms with E-state index in [1.165, 1.54) is 12.1 Å². The van der Waals surface area contributed by atoms with Crippen LogP contribution in [0, 0.1) is 5.92 Å². The molecular weight excluding hydrogens is 479 g/mol. The minimum Gasteiger partial charge on any atom is -0.481 e. The lowest BCUT2D eigenvalue weighted by Gasteiger charge is -2.28. The number of carbonyl (C=O) groups is 3. The van der Waals surface area contributed by atoms with Crippen molar-refractivity contribution in [3.05, 3.63) is 65.7 Å². The van der Waals surface area contributed by atoms with Crippen LogP contribution in [0.4, 0.5) is 13.2 Å². The van der Waals surface area contributed by atoms with E-state index < -0.39 is 48.0 Å². The number of halogens is 3. The number of hydrogen-bond acceptors (Lipinski definition) is 5. The zero-order chi connectivity index (χ0) is 26.9. The first kappa shape index (κ1) is 28.6. The van der Waals surface area contributed by atoms with E-state index in [1.54, 1.807) is 13.8 Å². The number of nitrogens with one attached hydrogen (secondary N) is 2. The van der Waals surface area contributed by atoms with E-state index in [-0.39, 0.29) is 30.7 Å². The van der Waals surface area contributed by atoms with Crippen molar-refractivity contribution < 1.29 is 37.4 Å². The Morgan fingerprint density at radius 2 is 1.64 bits per heavy atom. The van der Waals surface area contributed by atoms with Crippen molar-refractivity contribution >= 4 is 17.8 Å². The van der Waals surface area contributed by atoms with Gasteiger partial charge in [-0.3, -0.25) is 14.4 Å². The quantitative estimate of drug-likeness (QED) is 0.348. The second kappa shape index (κ2) is 12.9. The molecule has 0 aromatic heterocycles. The SMILES string of the molecule is CC(C)[C@H](NC(=O)Cc1cccc(OC(F)(F)F)c1)C(=O)N[C@@H](Cc1ccccc1)[C@@H](N)CC(=O)O. The van der Waals surface area contributed by atoms with E-state index in [0.29, 0.717) is 0 Å². The monoisotopic (exact) mass is 509 g/mol. The van der Waals surface area contributed by atoms with Gasteiger partial charge in [-0.2, -0.15) is 0 Å². The summed E-state index contributed by atoms with van der Waals surface area (Å²) in [5, 5.41) is 14.5. The van der Waals surface area contributed by atoms with Crippen molar-refractivity contribution in [1.29, 1.82) is 0 Å². The molecule has 196 valence electrons. The highest BCUT2D eigenvalue weighted by atomic mass is 19.4. The number of nitrogens with two attached hydrogens (primary N) is 1. The van der Waals surface area contributed by atoms with Crippen LogP contribution in [0.1, 0.15) is 31.4 Å². The standard InChI is InChI=1S/C25H30F3N3O5/c1-15(2)23(31-21(32)13-17-9-6-10-18(11-17)36-25(26,27)28)24(35)30-20(19(29)14-22(33)34)12-16-7-4-3-5-8-16/h3-11,15,19-20,23H,12-14,29H2,1-2H3,(H,30,35)(H,31,32)(H,33,34)/t19-,20-,23-/m0/s1. The molecule has 0 aliphatic rings. The number of ether oxygens (including phenoxy) is 1. The molecule has 11 heteroatoms. The van der Waals surface area contributed by atoms with Gasteiger partial charge in [0.2, 0.25) is 11.8 Å². The minimum absolute atomic E-state index is 0.266. The molecule has 3 atom stereocenters. The third-order valence-electron chi connectivity index (χ3n) is 5.32. The summed E-state index contributed by atoms with van der Waals surface area (Å²) in [6, 6.07) is 11.5. The van der Waals surface area contributed by atoms with Crippen LogP contribution >= 0.6 is 0 Å². The summed E-state index contributed by atoms with van der Waals surface area (Å²) in [7, 11) is 0. The van der Waals surface area contributed by atoms with Gasteiger partial charge < -0.3 is 26.2 Å². The zero-order valence-electron chi connectivity index (χ0n) is 19.9. The Morgan fingerprint density at radius 3 is 2.22 bits per heavy atom. The van der Waals surface area contributed by atoms with Crippen LogP contribution in [-0.2, 0) is 27.2 Å². The number of aliphatic carboxylic acids is 1. The molecule has 2 aromatic rings. The molecule has 0 saturated heterocycles. The van der Waals surface area contributed by atoms with Crippen LogP contribution in [0.15, 0.2) is 54.6 Å². The molecular formula is C25H30F3N3O5. The average Bonchev–Trinajstić information content (AvgIpc) is 2.76. The molecule has 0 bridgehead atoms. The first-order valence-corrected chi connectivity index (χ1v) is 11.3. The van der Waals surface area contributed by atoms with Gasteiger partial charge in [-0.05, 0) is 35.6 Å². The van der Waals surface area contributed by atoms with Gasteiger partial charge in [-0.1, -0.05) is 56.3 Å². The molecule has 8 nitrogen and oxygen atoms in total. The maximum Gasteiger partial charge on any atom is 0.573 e. The van der Waals surface area contributed by atoms with E-state index >= 15 is 0 Å². The van der Waals surface area contributed by atoms with Gasteiger partial charge in [0.15, 0.2) is 0 Å². The number of rotatable bonds is 12. The van der Waals surface area contributed by atoms with Crippen LogP contribution in [0.5, 0.6) is 5.75 Å². The lowest BCUT2D eigenvalue weighted by Crippen LogP contribution is -2.57. The lowest BCUT2D eigenvalue weighted by atomic mass is 9.96. The summed E-state index contributed by atoms with van der Waals surface area (Å²) in [5.41, 5.74) is 7.19. The van der Waals surface area contributed by atoms with Gasteiger partial charge >= 0.3 is 12.3 Å². The third kappa shape index (κ3) is 9.95. The largest absolute Gasteiger partial charge is 0.573 e. The first-order valence-electron chi connectivity index (χ1n) is 11.3. The summed E-state index contributed by atoms with van der Waals surface area (Å²) in [4.78, 5) is 36.9. The molecule has 2 rings (SSSR count). The molecule has 5 N–H and O–H groups in total. The Morgan fingerprint density at radius 1 is 1.00 bits per heavy atom. The topological polar surface area (TPSA) is 131 Å². The molecule has 0 saturated carbocycles. The highest BCUT2D eigenvalue weighted by molar-refractivity contribution is 5.89. The van der Waals surface area contributed by atoms with E-state index in [1.807, 2.05) is 30.3 Å². The van der Waals surface area contributed by atoms with Crippen molar-refractivity contribution in [1.82, 2.24) is 10.6 Å².